The van der Waals surface area contributed by atoms with Crippen molar-refractivity contribution in [2.75, 3.05) is 0 Å². The molecule has 0 unspecified atom stereocenters. The lowest BCUT2D eigenvalue weighted by molar-refractivity contribution is 0.395. The molecule has 3 rings (SSSR count). The Kier molecular flexibility index (Phi) is 8.58. The SMILES string of the molecule is CCCc1ccccc1OP(=O)(Oc1ccccc1CCC)c1ccccc1C(Cl)(Cl)Cl. The predicted molar refractivity (Wildman–Crippen MR) is 135 cm³/mol. The molecule has 0 atom stereocenters. The third-order valence-corrected chi connectivity index (χ3v) is 7.39. The minimum absolute atomic E-state index is 0.220. The maximum atomic E-state index is 14.5. The number of rotatable bonds is 9. The van der Waals surface area contributed by atoms with Gasteiger partial charge in [-0.2, -0.15) is 0 Å². The molecule has 7 heteroatoms. The van der Waals surface area contributed by atoms with Crippen LogP contribution in [0.2, 0.25) is 0 Å². The van der Waals surface area contributed by atoms with Gasteiger partial charge < -0.3 is 9.05 Å². The van der Waals surface area contributed by atoms with E-state index in [0.717, 1.165) is 36.8 Å². The van der Waals surface area contributed by atoms with Gasteiger partial charge in [0.15, 0.2) is 0 Å². The standard InChI is InChI=1S/C25H26Cl3O3P/c1-3-11-19-13-5-8-16-22(19)30-32(29,24-18-10-7-15-21(24)25(26,27)28)31-23-17-9-6-14-20(23)12-4-2/h5-10,13-18H,3-4,11-12H2,1-2H3. The van der Waals surface area contributed by atoms with E-state index >= 15 is 0 Å². The Bertz CT molecular complexity index is 1040. The largest absolute Gasteiger partial charge is 0.463 e. The summed E-state index contributed by atoms with van der Waals surface area (Å²) in [5.74, 6) is 0.981. The second-order valence-electron chi connectivity index (χ2n) is 7.41. The van der Waals surface area contributed by atoms with Gasteiger partial charge in [-0.05, 0) is 42.2 Å². The van der Waals surface area contributed by atoms with Crippen LogP contribution in [-0.2, 0) is 21.2 Å². The van der Waals surface area contributed by atoms with Gasteiger partial charge >= 0.3 is 7.60 Å². The summed E-state index contributed by atoms with van der Waals surface area (Å²) in [5, 5.41) is 0.220. The van der Waals surface area contributed by atoms with Crippen LogP contribution in [0.15, 0.2) is 72.8 Å². The molecule has 0 fully saturated rings. The number of benzene rings is 3. The molecule has 0 radical (unpaired) electrons. The minimum Gasteiger partial charge on any atom is -0.413 e. The molecule has 0 N–H and O–H groups in total. The van der Waals surface area contributed by atoms with E-state index in [-0.39, 0.29) is 10.9 Å². The minimum atomic E-state index is -4.00. The summed E-state index contributed by atoms with van der Waals surface area (Å²) in [6.07, 6.45) is 3.37. The third kappa shape index (κ3) is 6.02. The zero-order valence-corrected chi connectivity index (χ0v) is 21.2. The van der Waals surface area contributed by atoms with Crippen molar-refractivity contribution in [1.29, 1.82) is 0 Å². The van der Waals surface area contributed by atoms with E-state index in [2.05, 4.69) is 13.8 Å². The van der Waals surface area contributed by atoms with E-state index in [9.17, 15) is 4.57 Å². The topological polar surface area (TPSA) is 35.5 Å². The van der Waals surface area contributed by atoms with Crippen LogP contribution in [0.4, 0.5) is 0 Å². The van der Waals surface area contributed by atoms with Gasteiger partial charge in [-0.1, -0.05) is 116 Å². The quantitative estimate of drug-likeness (QED) is 0.214. The zero-order chi connectivity index (χ0) is 23.2. The molecule has 0 bridgehead atoms. The van der Waals surface area contributed by atoms with E-state index in [1.807, 2.05) is 36.4 Å². The van der Waals surface area contributed by atoms with E-state index in [0.29, 0.717) is 11.5 Å². The van der Waals surface area contributed by atoms with Gasteiger partial charge in [-0.15, -0.1) is 0 Å². The number of hydrogen-bond donors (Lipinski definition) is 0. The lowest BCUT2D eigenvalue weighted by atomic mass is 10.1. The van der Waals surface area contributed by atoms with Crippen molar-refractivity contribution in [3.63, 3.8) is 0 Å². The van der Waals surface area contributed by atoms with Crippen LogP contribution in [0.5, 0.6) is 11.5 Å². The van der Waals surface area contributed by atoms with E-state index in [1.54, 1.807) is 36.4 Å². The van der Waals surface area contributed by atoms with Gasteiger partial charge in [-0.25, -0.2) is 4.57 Å². The van der Waals surface area contributed by atoms with Crippen molar-refractivity contribution in [1.82, 2.24) is 0 Å². The summed E-state index contributed by atoms with van der Waals surface area (Å²) >= 11 is 18.7. The number of halogens is 3. The number of para-hydroxylation sites is 2. The van der Waals surface area contributed by atoms with Crippen molar-refractivity contribution in [2.24, 2.45) is 0 Å². The van der Waals surface area contributed by atoms with Crippen LogP contribution in [0, 0.1) is 0 Å². The average molecular weight is 512 g/mol. The first-order valence-corrected chi connectivity index (χ1v) is 13.3. The summed E-state index contributed by atoms with van der Waals surface area (Å²) in [4.78, 5) is 0. The Labute approximate surface area is 205 Å². The van der Waals surface area contributed by atoms with Crippen molar-refractivity contribution < 1.29 is 13.6 Å². The molecule has 3 aromatic rings. The maximum Gasteiger partial charge on any atom is 0.463 e. The van der Waals surface area contributed by atoms with Gasteiger partial charge in [0.2, 0.25) is 3.79 Å². The second kappa shape index (κ2) is 11.0. The highest BCUT2D eigenvalue weighted by Gasteiger charge is 2.40. The van der Waals surface area contributed by atoms with Gasteiger partial charge in [0, 0.05) is 5.56 Å². The number of hydrogen-bond acceptors (Lipinski definition) is 3. The first-order valence-electron chi connectivity index (χ1n) is 10.6. The van der Waals surface area contributed by atoms with Crippen LogP contribution in [0.3, 0.4) is 0 Å². The lowest BCUT2D eigenvalue weighted by Gasteiger charge is -2.26. The second-order valence-corrected chi connectivity index (χ2v) is 11.5. The molecule has 170 valence electrons. The van der Waals surface area contributed by atoms with Crippen LogP contribution >= 0.6 is 42.4 Å². The van der Waals surface area contributed by atoms with Crippen molar-refractivity contribution in [3.8, 4) is 11.5 Å². The fraction of sp³-hybridized carbons (Fsp3) is 0.280. The highest BCUT2D eigenvalue weighted by Crippen LogP contribution is 2.52. The van der Waals surface area contributed by atoms with Crippen LogP contribution in [-0.4, -0.2) is 0 Å². The molecule has 0 aliphatic carbocycles. The molecular formula is C25H26Cl3O3P. The molecule has 0 aromatic heterocycles. The summed E-state index contributed by atoms with van der Waals surface area (Å²) in [7, 11) is -4.00. The third-order valence-electron chi connectivity index (χ3n) is 4.93. The normalized spacial score (nSPS) is 11.9. The molecule has 0 spiro atoms. The van der Waals surface area contributed by atoms with Gasteiger partial charge in [0.05, 0.1) is 5.30 Å². The molecule has 3 nitrogen and oxygen atoms in total. The molecule has 0 aliphatic heterocycles. The Hall–Kier alpha value is -1.64. The van der Waals surface area contributed by atoms with Gasteiger partial charge in [0.1, 0.15) is 11.5 Å². The molecule has 0 amide bonds. The first kappa shape index (κ1) is 25.0. The van der Waals surface area contributed by atoms with Crippen molar-refractivity contribution in [3.05, 3.63) is 89.5 Å². The number of aryl methyl sites for hydroxylation is 2. The Balaban J connectivity index is 2.16. The molecular weight excluding hydrogens is 486 g/mol. The van der Waals surface area contributed by atoms with E-state index < -0.39 is 11.4 Å². The summed E-state index contributed by atoms with van der Waals surface area (Å²) in [6, 6.07) is 21.7. The molecule has 0 saturated carbocycles. The smallest absolute Gasteiger partial charge is 0.413 e. The Morgan fingerprint density at radius 2 is 1.16 bits per heavy atom. The van der Waals surface area contributed by atoms with Crippen molar-refractivity contribution in [2.45, 2.75) is 43.3 Å². The van der Waals surface area contributed by atoms with E-state index in [4.69, 9.17) is 43.9 Å². The Morgan fingerprint density at radius 1 is 0.719 bits per heavy atom. The number of alkyl halides is 3. The molecule has 0 saturated heterocycles. The van der Waals surface area contributed by atoms with Gasteiger partial charge in [0.25, 0.3) is 0 Å². The molecule has 0 heterocycles. The monoisotopic (exact) mass is 510 g/mol. The van der Waals surface area contributed by atoms with Crippen LogP contribution < -0.4 is 14.4 Å². The maximum absolute atomic E-state index is 14.5. The molecule has 32 heavy (non-hydrogen) atoms. The summed E-state index contributed by atoms with van der Waals surface area (Å²) in [6.45, 7) is 4.15. The van der Waals surface area contributed by atoms with Gasteiger partial charge in [-0.3, -0.25) is 0 Å². The van der Waals surface area contributed by atoms with Crippen molar-refractivity contribution >= 4 is 47.7 Å². The lowest BCUT2D eigenvalue weighted by Crippen LogP contribution is -2.23. The summed E-state index contributed by atoms with van der Waals surface area (Å²) in [5.41, 5.74) is 2.13. The van der Waals surface area contributed by atoms with Crippen LogP contribution in [0.25, 0.3) is 0 Å². The van der Waals surface area contributed by atoms with E-state index in [1.165, 1.54) is 0 Å². The fourth-order valence-electron chi connectivity index (χ4n) is 3.47. The Morgan fingerprint density at radius 3 is 1.62 bits per heavy atom. The highest BCUT2D eigenvalue weighted by atomic mass is 35.6. The molecule has 0 aliphatic rings. The average Bonchev–Trinajstić information content (AvgIpc) is 2.76. The molecule has 3 aromatic carbocycles. The fourth-order valence-corrected chi connectivity index (χ4v) is 6.07. The highest BCUT2D eigenvalue weighted by molar-refractivity contribution is 7.63. The van der Waals surface area contributed by atoms with Crippen LogP contribution in [0.1, 0.15) is 43.4 Å². The first-order chi connectivity index (χ1) is 15.3. The summed E-state index contributed by atoms with van der Waals surface area (Å²) < 4.78 is 25.1. The predicted octanol–water partition coefficient (Wildman–Crippen LogP) is 8.39. The zero-order valence-electron chi connectivity index (χ0n) is 18.1.